The van der Waals surface area contributed by atoms with E-state index in [1.807, 2.05) is 13.8 Å². The van der Waals surface area contributed by atoms with E-state index in [-0.39, 0.29) is 5.91 Å². The van der Waals surface area contributed by atoms with Crippen LogP contribution < -0.4 is 0 Å². The Morgan fingerprint density at radius 3 is 2.47 bits per heavy atom. The summed E-state index contributed by atoms with van der Waals surface area (Å²) in [6, 6.07) is 5.37. The molecule has 0 N–H and O–H groups in total. The highest BCUT2D eigenvalue weighted by Gasteiger charge is 2.25. The summed E-state index contributed by atoms with van der Waals surface area (Å²) in [7, 11) is 0. The van der Waals surface area contributed by atoms with Crippen molar-refractivity contribution < 1.29 is 14.3 Å². The number of hydrogen-bond donors (Lipinski definition) is 0. The summed E-state index contributed by atoms with van der Waals surface area (Å²) in [5.41, 5.74) is 3.24. The molecular formula is C22H25Cl2N3O3. The first-order valence-corrected chi connectivity index (χ1v) is 10.7. The van der Waals surface area contributed by atoms with Crippen LogP contribution >= 0.6 is 23.2 Å². The lowest BCUT2D eigenvalue weighted by molar-refractivity contribution is -0.154. The van der Waals surface area contributed by atoms with Crippen molar-refractivity contribution >= 4 is 41.2 Å². The van der Waals surface area contributed by atoms with Crippen molar-refractivity contribution in [2.75, 3.05) is 13.1 Å². The lowest BCUT2D eigenvalue weighted by Crippen LogP contribution is -2.37. The maximum absolute atomic E-state index is 12.3. The fourth-order valence-corrected chi connectivity index (χ4v) is 4.07. The first-order chi connectivity index (χ1) is 14.3. The molecule has 2 aromatic rings. The lowest BCUT2D eigenvalue weighted by atomic mass is 10.1. The molecule has 1 aliphatic rings. The molecule has 0 saturated carbocycles. The van der Waals surface area contributed by atoms with E-state index in [1.54, 1.807) is 40.8 Å². The van der Waals surface area contributed by atoms with E-state index in [0.717, 1.165) is 48.4 Å². The van der Waals surface area contributed by atoms with Crippen LogP contribution in [-0.2, 0) is 20.9 Å². The molecular weight excluding hydrogens is 425 g/mol. The van der Waals surface area contributed by atoms with Crippen LogP contribution in [0.25, 0.3) is 6.08 Å². The second-order valence-corrected chi connectivity index (χ2v) is 8.20. The fourth-order valence-electron chi connectivity index (χ4n) is 3.55. The van der Waals surface area contributed by atoms with Gasteiger partial charge in [-0.15, -0.1) is 0 Å². The lowest BCUT2D eigenvalue weighted by Gasteiger charge is -2.19. The Morgan fingerprint density at radius 1 is 1.20 bits per heavy atom. The average Bonchev–Trinajstić information content (AvgIpc) is 3.32. The zero-order valence-corrected chi connectivity index (χ0v) is 18.8. The maximum Gasteiger partial charge on any atom is 0.331 e. The second-order valence-electron chi connectivity index (χ2n) is 7.39. The molecule has 160 valence electrons. The molecule has 0 spiro atoms. The Hall–Kier alpha value is -2.31. The van der Waals surface area contributed by atoms with E-state index in [1.165, 1.54) is 6.08 Å². The van der Waals surface area contributed by atoms with Crippen LogP contribution in [0.1, 0.15) is 42.3 Å². The van der Waals surface area contributed by atoms with Crippen molar-refractivity contribution in [1.29, 1.82) is 0 Å². The van der Waals surface area contributed by atoms with Gasteiger partial charge < -0.3 is 9.64 Å². The molecule has 0 radical (unpaired) electrons. The number of carbonyl (C=O) groups is 2. The van der Waals surface area contributed by atoms with Crippen LogP contribution in [0.4, 0.5) is 0 Å². The van der Waals surface area contributed by atoms with Crippen molar-refractivity contribution in [1.82, 2.24) is 14.7 Å². The maximum atomic E-state index is 12.3. The summed E-state index contributed by atoms with van der Waals surface area (Å²) in [6.07, 6.45) is 4.19. The van der Waals surface area contributed by atoms with Crippen LogP contribution in [0.5, 0.6) is 0 Å². The Balaban J connectivity index is 1.68. The second kappa shape index (κ2) is 9.67. The number of ether oxygens (including phenoxy) is 1. The predicted octanol–water partition coefficient (Wildman–Crippen LogP) is 4.42. The average molecular weight is 450 g/mol. The van der Waals surface area contributed by atoms with E-state index in [2.05, 4.69) is 5.10 Å². The van der Waals surface area contributed by atoms with Crippen molar-refractivity contribution in [2.24, 2.45) is 0 Å². The van der Waals surface area contributed by atoms with E-state index in [0.29, 0.717) is 16.6 Å². The third-order valence-electron chi connectivity index (χ3n) is 5.25. The molecule has 1 amide bonds. The van der Waals surface area contributed by atoms with Gasteiger partial charge in [0.25, 0.3) is 5.91 Å². The molecule has 3 rings (SSSR count). The Bertz CT molecular complexity index is 958. The minimum Gasteiger partial charge on any atom is -0.449 e. The standard InChI is InChI=1S/C22H25Cl2N3O3/c1-14-17(9-10-21(28)30-16(3)22(29)26-11-4-5-12-26)15(2)27(25-14)13-18-19(23)7-6-8-20(18)24/h6-10,16H,4-5,11-13H2,1-3H3/b10-9+. The molecule has 1 aromatic carbocycles. The number of aryl methyl sites for hydroxylation is 1. The van der Waals surface area contributed by atoms with Gasteiger partial charge in [-0.25, -0.2) is 4.79 Å². The molecule has 6 nitrogen and oxygen atoms in total. The zero-order valence-electron chi connectivity index (χ0n) is 17.3. The number of esters is 1. The molecule has 1 unspecified atom stereocenters. The number of benzene rings is 1. The number of rotatable bonds is 6. The molecule has 1 fully saturated rings. The number of halogens is 2. The van der Waals surface area contributed by atoms with Gasteiger partial charge in [0, 0.05) is 46.0 Å². The summed E-state index contributed by atoms with van der Waals surface area (Å²) in [5.74, 6) is -0.707. The molecule has 30 heavy (non-hydrogen) atoms. The minimum atomic E-state index is -0.799. The highest BCUT2D eigenvalue weighted by Crippen LogP contribution is 2.26. The minimum absolute atomic E-state index is 0.147. The normalized spacial score (nSPS) is 15.0. The van der Waals surface area contributed by atoms with Gasteiger partial charge >= 0.3 is 5.97 Å². The van der Waals surface area contributed by atoms with E-state index in [9.17, 15) is 9.59 Å². The van der Waals surface area contributed by atoms with Gasteiger partial charge in [-0.05, 0) is 51.8 Å². The van der Waals surface area contributed by atoms with Crippen LogP contribution in [0.2, 0.25) is 10.0 Å². The summed E-state index contributed by atoms with van der Waals surface area (Å²) in [4.78, 5) is 26.2. The number of nitrogens with zero attached hydrogens (tertiary/aromatic N) is 3. The van der Waals surface area contributed by atoms with Crippen LogP contribution in [0.3, 0.4) is 0 Å². The third kappa shape index (κ3) is 5.05. The van der Waals surface area contributed by atoms with Gasteiger partial charge in [-0.1, -0.05) is 29.3 Å². The number of carbonyl (C=O) groups excluding carboxylic acids is 2. The predicted molar refractivity (Wildman–Crippen MR) is 118 cm³/mol. The molecule has 8 heteroatoms. The Kier molecular flexibility index (Phi) is 7.21. The quantitative estimate of drug-likeness (QED) is 0.483. The SMILES string of the molecule is Cc1nn(Cc2c(Cl)cccc2Cl)c(C)c1/C=C/C(=O)OC(C)C(=O)N1CCCC1. The molecule has 1 atom stereocenters. The largest absolute Gasteiger partial charge is 0.449 e. The van der Waals surface area contributed by atoms with Gasteiger partial charge in [0.1, 0.15) is 0 Å². The highest BCUT2D eigenvalue weighted by atomic mass is 35.5. The van der Waals surface area contributed by atoms with Gasteiger partial charge in [0.05, 0.1) is 12.2 Å². The van der Waals surface area contributed by atoms with E-state index < -0.39 is 12.1 Å². The summed E-state index contributed by atoms with van der Waals surface area (Å²) in [5, 5.41) is 5.69. The highest BCUT2D eigenvalue weighted by molar-refractivity contribution is 6.35. The van der Waals surface area contributed by atoms with Crippen molar-refractivity contribution in [3.8, 4) is 0 Å². The Labute approximate surface area is 186 Å². The van der Waals surface area contributed by atoms with Crippen LogP contribution in [0.15, 0.2) is 24.3 Å². The smallest absolute Gasteiger partial charge is 0.331 e. The summed E-state index contributed by atoms with van der Waals surface area (Å²) < 4.78 is 7.08. The molecule has 1 saturated heterocycles. The molecule has 0 aliphatic carbocycles. The van der Waals surface area contributed by atoms with Crippen LogP contribution in [-0.4, -0.2) is 45.8 Å². The summed E-state index contributed by atoms with van der Waals surface area (Å²) >= 11 is 12.5. The monoisotopic (exact) mass is 449 g/mol. The van der Waals surface area contributed by atoms with Gasteiger partial charge in [0.15, 0.2) is 6.10 Å². The number of hydrogen-bond acceptors (Lipinski definition) is 4. The third-order valence-corrected chi connectivity index (χ3v) is 5.96. The van der Waals surface area contributed by atoms with E-state index in [4.69, 9.17) is 27.9 Å². The Morgan fingerprint density at radius 2 is 1.83 bits per heavy atom. The molecule has 2 heterocycles. The first-order valence-electron chi connectivity index (χ1n) is 9.92. The van der Waals surface area contributed by atoms with Crippen molar-refractivity contribution in [2.45, 2.75) is 46.3 Å². The summed E-state index contributed by atoms with van der Waals surface area (Å²) in [6.45, 7) is 7.25. The number of aromatic nitrogens is 2. The van der Waals surface area contributed by atoms with Gasteiger partial charge in [0.2, 0.25) is 0 Å². The molecule has 1 aliphatic heterocycles. The topological polar surface area (TPSA) is 64.4 Å². The van der Waals surface area contributed by atoms with Gasteiger partial charge in [-0.3, -0.25) is 9.48 Å². The van der Waals surface area contributed by atoms with Crippen molar-refractivity contribution in [3.05, 3.63) is 56.8 Å². The zero-order chi connectivity index (χ0) is 21.8. The molecule has 1 aromatic heterocycles. The number of amides is 1. The fraction of sp³-hybridized carbons (Fsp3) is 0.409. The van der Waals surface area contributed by atoms with Gasteiger partial charge in [-0.2, -0.15) is 5.10 Å². The number of likely N-dealkylation sites (tertiary alicyclic amines) is 1. The van der Waals surface area contributed by atoms with Crippen LogP contribution in [0, 0.1) is 13.8 Å². The first kappa shape index (κ1) is 22.4. The van der Waals surface area contributed by atoms with Crippen molar-refractivity contribution in [3.63, 3.8) is 0 Å². The molecule has 0 bridgehead atoms. The van der Waals surface area contributed by atoms with E-state index >= 15 is 0 Å².